The van der Waals surface area contributed by atoms with Crippen LogP contribution in [-0.2, 0) is 6.54 Å². The van der Waals surface area contributed by atoms with Gasteiger partial charge < -0.3 is 9.88 Å². The molecule has 3 aromatic rings. The number of rotatable bonds is 5. The van der Waals surface area contributed by atoms with Gasteiger partial charge in [-0.2, -0.15) is 5.10 Å². The molecule has 1 unspecified atom stereocenters. The molecular formula is C18H20N4O. The molecule has 0 aliphatic rings. The monoisotopic (exact) mass is 308 g/mol. The SMILES string of the molecule is CCn1ccc(C(=O)NC(C)c2ccc(-n3cccc3)cc2)n1. The van der Waals surface area contributed by atoms with Crippen molar-refractivity contribution >= 4 is 5.91 Å². The molecule has 0 aliphatic heterocycles. The van der Waals surface area contributed by atoms with Crippen LogP contribution in [0.4, 0.5) is 0 Å². The van der Waals surface area contributed by atoms with E-state index >= 15 is 0 Å². The average molecular weight is 308 g/mol. The summed E-state index contributed by atoms with van der Waals surface area (Å²) in [7, 11) is 0. The predicted molar refractivity (Wildman–Crippen MR) is 89.6 cm³/mol. The number of hydrogen-bond acceptors (Lipinski definition) is 2. The van der Waals surface area contributed by atoms with Gasteiger partial charge in [-0.1, -0.05) is 12.1 Å². The van der Waals surface area contributed by atoms with Crippen LogP contribution >= 0.6 is 0 Å². The van der Waals surface area contributed by atoms with E-state index in [4.69, 9.17) is 0 Å². The minimum Gasteiger partial charge on any atom is -0.344 e. The second-order valence-corrected chi connectivity index (χ2v) is 5.43. The van der Waals surface area contributed by atoms with Crippen molar-refractivity contribution in [2.24, 2.45) is 0 Å². The van der Waals surface area contributed by atoms with Crippen molar-refractivity contribution in [2.45, 2.75) is 26.4 Å². The van der Waals surface area contributed by atoms with Crippen LogP contribution < -0.4 is 5.32 Å². The minimum absolute atomic E-state index is 0.0759. The fourth-order valence-corrected chi connectivity index (χ4v) is 2.45. The van der Waals surface area contributed by atoms with Crippen molar-refractivity contribution in [1.29, 1.82) is 0 Å². The summed E-state index contributed by atoms with van der Waals surface area (Å²) in [5.74, 6) is -0.154. The van der Waals surface area contributed by atoms with Crippen LogP contribution in [0.5, 0.6) is 0 Å². The lowest BCUT2D eigenvalue weighted by Gasteiger charge is -2.14. The van der Waals surface area contributed by atoms with E-state index in [-0.39, 0.29) is 11.9 Å². The Labute approximate surface area is 135 Å². The summed E-state index contributed by atoms with van der Waals surface area (Å²) in [6.07, 6.45) is 5.82. The zero-order valence-electron chi connectivity index (χ0n) is 13.3. The summed E-state index contributed by atoms with van der Waals surface area (Å²) >= 11 is 0. The van der Waals surface area contributed by atoms with E-state index in [1.807, 2.05) is 73.4 Å². The Hall–Kier alpha value is -2.82. The van der Waals surface area contributed by atoms with Gasteiger partial charge in [0.25, 0.3) is 5.91 Å². The Morgan fingerprint density at radius 3 is 2.43 bits per heavy atom. The molecule has 5 nitrogen and oxygen atoms in total. The molecule has 1 N–H and O–H groups in total. The summed E-state index contributed by atoms with van der Waals surface area (Å²) in [6, 6.07) is 13.8. The first-order chi connectivity index (χ1) is 11.2. The molecule has 0 bridgehead atoms. The van der Waals surface area contributed by atoms with Crippen molar-refractivity contribution in [1.82, 2.24) is 19.7 Å². The Balaban J connectivity index is 1.68. The predicted octanol–water partition coefficient (Wildman–Crippen LogP) is 3.18. The Bertz CT molecular complexity index is 772. The van der Waals surface area contributed by atoms with E-state index in [9.17, 15) is 4.79 Å². The van der Waals surface area contributed by atoms with E-state index in [2.05, 4.69) is 10.4 Å². The highest BCUT2D eigenvalue weighted by Crippen LogP contribution is 2.16. The third-order valence-electron chi connectivity index (χ3n) is 3.84. The smallest absolute Gasteiger partial charge is 0.272 e. The van der Waals surface area contributed by atoms with Crippen molar-refractivity contribution < 1.29 is 4.79 Å². The lowest BCUT2D eigenvalue weighted by molar-refractivity contribution is 0.0934. The average Bonchev–Trinajstić information content (AvgIpc) is 3.26. The number of nitrogens with zero attached hydrogens (tertiary/aromatic N) is 3. The molecule has 0 fully saturated rings. The van der Waals surface area contributed by atoms with Gasteiger partial charge in [0, 0.05) is 30.8 Å². The van der Waals surface area contributed by atoms with Gasteiger partial charge in [0.1, 0.15) is 5.69 Å². The molecule has 1 amide bonds. The molecule has 1 aromatic carbocycles. The molecular weight excluding hydrogens is 288 g/mol. The van der Waals surface area contributed by atoms with Gasteiger partial charge in [-0.3, -0.25) is 9.48 Å². The zero-order chi connectivity index (χ0) is 16.2. The van der Waals surface area contributed by atoms with Gasteiger partial charge in [0.15, 0.2) is 0 Å². The quantitative estimate of drug-likeness (QED) is 0.787. The molecule has 3 rings (SSSR count). The lowest BCUT2D eigenvalue weighted by Crippen LogP contribution is -2.27. The zero-order valence-corrected chi connectivity index (χ0v) is 13.3. The van der Waals surface area contributed by atoms with E-state index in [0.717, 1.165) is 17.8 Å². The number of hydrogen-bond donors (Lipinski definition) is 1. The van der Waals surface area contributed by atoms with Crippen molar-refractivity contribution in [2.75, 3.05) is 0 Å². The number of carbonyl (C=O) groups excluding carboxylic acids is 1. The van der Waals surface area contributed by atoms with Crippen LogP contribution in [0.3, 0.4) is 0 Å². The second kappa shape index (κ2) is 6.52. The van der Waals surface area contributed by atoms with Gasteiger partial charge in [0.05, 0.1) is 6.04 Å². The molecule has 2 heterocycles. The van der Waals surface area contributed by atoms with E-state index in [0.29, 0.717) is 5.69 Å². The Morgan fingerprint density at radius 1 is 1.13 bits per heavy atom. The summed E-state index contributed by atoms with van der Waals surface area (Å²) in [5, 5.41) is 7.21. The molecule has 0 radical (unpaired) electrons. The number of aryl methyl sites for hydroxylation is 1. The van der Waals surface area contributed by atoms with Gasteiger partial charge in [-0.05, 0) is 49.7 Å². The number of amides is 1. The van der Waals surface area contributed by atoms with Crippen molar-refractivity contribution in [3.63, 3.8) is 0 Å². The molecule has 0 saturated carbocycles. The Kier molecular flexibility index (Phi) is 4.28. The maximum absolute atomic E-state index is 12.2. The van der Waals surface area contributed by atoms with Crippen molar-refractivity contribution in [3.8, 4) is 5.69 Å². The lowest BCUT2D eigenvalue weighted by atomic mass is 10.1. The molecule has 0 saturated heterocycles. The number of aromatic nitrogens is 3. The largest absolute Gasteiger partial charge is 0.344 e. The maximum atomic E-state index is 12.2. The normalized spacial score (nSPS) is 12.1. The van der Waals surface area contributed by atoms with Gasteiger partial charge in [-0.15, -0.1) is 0 Å². The number of benzene rings is 1. The summed E-state index contributed by atoms with van der Waals surface area (Å²) < 4.78 is 3.79. The molecule has 23 heavy (non-hydrogen) atoms. The first kappa shape index (κ1) is 15.1. The van der Waals surface area contributed by atoms with Crippen molar-refractivity contribution in [3.05, 3.63) is 72.3 Å². The summed E-state index contributed by atoms with van der Waals surface area (Å²) in [5.41, 5.74) is 2.60. The van der Waals surface area contributed by atoms with Gasteiger partial charge >= 0.3 is 0 Å². The summed E-state index contributed by atoms with van der Waals surface area (Å²) in [6.45, 7) is 4.71. The summed E-state index contributed by atoms with van der Waals surface area (Å²) in [4.78, 5) is 12.2. The number of nitrogens with one attached hydrogen (secondary N) is 1. The minimum atomic E-state index is -0.154. The molecule has 2 aromatic heterocycles. The first-order valence-corrected chi connectivity index (χ1v) is 7.75. The number of carbonyl (C=O) groups is 1. The molecule has 118 valence electrons. The van der Waals surface area contributed by atoms with E-state index in [1.165, 1.54) is 0 Å². The molecule has 0 aliphatic carbocycles. The third-order valence-corrected chi connectivity index (χ3v) is 3.84. The highest BCUT2D eigenvalue weighted by atomic mass is 16.2. The second-order valence-electron chi connectivity index (χ2n) is 5.43. The van der Waals surface area contributed by atoms with Crippen LogP contribution in [0.25, 0.3) is 5.69 Å². The fraction of sp³-hybridized carbons (Fsp3) is 0.222. The van der Waals surface area contributed by atoms with Gasteiger partial charge in [0.2, 0.25) is 0 Å². The third kappa shape index (κ3) is 3.34. The maximum Gasteiger partial charge on any atom is 0.272 e. The highest BCUT2D eigenvalue weighted by molar-refractivity contribution is 5.92. The van der Waals surface area contributed by atoms with Crippen LogP contribution in [0, 0.1) is 0 Å². The van der Waals surface area contributed by atoms with Gasteiger partial charge in [-0.25, -0.2) is 0 Å². The Morgan fingerprint density at radius 2 is 1.83 bits per heavy atom. The van der Waals surface area contributed by atoms with Crippen LogP contribution in [0.15, 0.2) is 61.1 Å². The highest BCUT2D eigenvalue weighted by Gasteiger charge is 2.13. The topological polar surface area (TPSA) is 51.9 Å². The molecule has 0 spiro atoms. The molecule has 5 heteroatoms. The first-order valence-electron chi connectivity index (χ1n) is 7.75. The van der Waals surface area contributed by atoms with E-state index < -0.39 is 0 Å². The van der Waals surface area contributed by atoms with E-state index in [1.54, 1.807) is 10.7 Å². The fourth-order valence-electron chi connectivity index (χ4n) is 2.45. The van der Waals surface area contributed by atoms with Crippen LogP contribution in [0.2, 0.25) is 0 Å². The molecule has 1 atom stereocenters. The van der Waals surface area contributed by atoms with Crippen LogP contribution in [0.1, 0.15) is 35.9 Å². The van der Waals surface area contributed by atoms with Crippen LogP contribution in [-0.4, -0.2) is 20.3 Å². The standard InChI is InChI=1S/C18H20N4O/c1-3-22-13-10-17(20-22)18(23)19-14(2)15-6-8-16(9-7-15)21-11-4-5-12-21/h4-14H,3H2,1-2H3,(H,19,23).